The molecule has 1 atom stereocenters. The van der Waals surface area contributed by atoms with Crippen molar-refractivity contribution in [2.75, 3.05) is 13.3 Å². The van der Waals surface area contributed by atoms with Crippen LogP contribution in [0.2, 0.25) is 0 Å². The molecule has 0 bridgehead atoms. The number of carbonyl (C=O) groups excluding carboxylic acids is 1. The van der Waals surface area contributed by atoms with Gasteiger partial charge in [0.25, 0.3) is 5.91 Å². The van der Waals surface area contributed by atoms with Crippen LogP contribution in [0.5, 0.6) is 0 Å². The Balaban J connectivity index is 1.84. The summed E-state index contributed by atoms with van der Waals surface area (Å²) in [5.41, 5.74) is 3.05. The second-order valence-corrected chi connectivity index (χ2v) is 8.84. The Bertz CT molecular complexity index is 1090. The molecule has 2 aromatic carbocycles. The van der Waals surface area contributed by atoms with E-state index in [1.54, 1.807) is 47.1 Å². The van der Waals surface area contributed by atoms with Crippen LogP contribution in [-0.4, -0.2) is 42.3 Å². The highest BCUT2D eigenvalue weighted by atomic mass is 32.2. The minimum atomic E-state index is -3.25. The second-order valence-electron chi connectivity index (χ2n) is 6.82. The van der Waals surface area contributed by atoms with Gasteiger partial charge in [-0.3, -0.25) is 4.79 Å². The number of sulfone groups is 1. The summed E-state index contributed by atoms with van der Waals surface area (Å²) in [4.78, 5) is 14.9. The molecule has 28 heavy (non-hydrogen) atoms. The number of carbonyl (C=O) groups is 1. The maximum absolute atomic E-state index is 13.0. The molecule has 3 aromatic rings. The summed E-state index contributed by atoms with van der Waals surface area (Å²) < 4.78 is 25.0. The number of amides is 1. The van der Waals surface area contributed by atoms with E-state index in [0.29, 0.717) is 5.56 Å². The number of nitrogens with zero attached hydrogens (tertiary/aromatic N) is 3. The van der Waals surface area contributed by atoms with Crippen molar-refractivity contribution in [3.05, 3.63) is 77.6 Å². The van der Waals surface area contributed by atoms with E-state index >= 15 is 0 Å². The molecule has 146 valence electrons. The van der Waals surface area contributed by atoms with E-state index in [4.69, 9.17) is 0 Å². The molecule has 0 N–H and O–H groups in total. The van der Waals surface area contributed by atoms with Gasteiger partial charge in [0.1, 0.15) is 0 Å². The van der Waals surface area contributed by atoms with E-state index < -0.39 is 9.84 Å². The lowest BCUT2D eigenvalue weighted by Crippen LogP contribution is -2.30. The third-order valence-corrected chi connectivity index (χ3v) is 6.06. The minimum absolute atomic E-state index is 0.139. The Morgan fingerprint density at radius 2 is 1.68 bits per heavy atom. The first kappa shape index (κ1) is 19.8. The number of hydrogen-bond acceptors (Lipinski definition) is 4. The number of benzene rings is 2. The van der Waals surface area contributed by atoms with Gasteiger partial charge in [-0.2, -0.15) is 5.10 Å². The van der Waals surface area contributed by atoms with E-state index in [1.165, 1.54) is 6.26 Å². The van der Waals surface area contributed by atoms with Crippen LogP contribution in [0.1, 0.15) is 34.6 Å². The van der Waals surface area contributed by atoms with Gasteiger partial charge in [0, 0.05) is 13.3 Å². The highest BCUT2D eigenvalue weighted by Crippen LogP contribution is 2.24. The first-order valence-electron chi connectivity index (χ1n) is 8.87. The summed E-state index contributed by atoms with van der Waals surface area (Å²) in [6.07, 6.45) is 2.76. The summed E-state index contributed by atoms with van der Waals surface area (Å²) in [5, 5.41) is 4.36. The van der Waals surface area contributed by atoms with Crippen molar-refractivity contribution in [1.29, 1.82) is 0 Å². The first-order chi connectivity index (χ1) is 13.2. The monoisotopic (exact) mass is 397 g/mol. The van der Waals surface area contributed by atoms with Gasteiger partial charge in [-0.25, -0.2) is 13.1 Å². The Kier molecular flexibility index (Phi) is 5.38. The van der Waals surface area contributed by atoms with Gasteiger partial charge < -0.3 is 4.90 Å². The lowest BCUT2D eigenvalue weighted by atomic mass is 10.1. The smallest absolute Gasteiger partial charge is 0.257 e. The van der Waals surface area contributed by atoms with Crippen LogP contribution in [-0.2, 0) is 9.84 Å². The number of hydrogen-bond donors (Lipinski definition) is 0. The fourth-order valence-corrected chi connectivity index (χ4v) is 3.66. The van der Waals surface area contributed by atoms with Crippen molar-refractivity contribution in [2.45, 2.75) is 24.8 Å². The standard InChI is InChI=1S/C21H23N3O3S/c1-15(17-10-12-19(13-11-17)28(4,26)27)23(3)21(25)20-14-22-24(16(20)2)18-8-6-5-7-9-18/h5-15H,1-4H3. The molecular weight excluding hydrogens is 374 g/mol. The fraction of sp³-hybridized carbons (Fsp3) is 0.238. The van der Waals surface area contributed by atoms with Crippen LogP contribution in [0.4, 0.5) is 0 Å². The predicted octanol–water partition coefficient (Wildman–Crippen LogP) is 3.42. The number of rotatable bonds is 5. The molecule has 1 unspecified atom stereocenters. The van der Waals surface area contributed by atoms with Gasteiger partial charge in [0.05, 0.1) is 34.1 Å². The van der Waals surface area contributed by atoms with Crippen LogP contribution >= 0.6 is 0 Å². The molecular formula is C21H23N3O3S. The molecule has 0 aliphatic carbocycles. The Labute approximate surface area is 165 Å². The third kappa shape index (κ3) is 3.84. The SMILES string of the molecule is Cc1c(C(=O)N(C)C(C)c2ccc(S(C)(=O)=O)cc2)cnn1-c1ccccc1. The van der Waals surface area contributed by atoms with Gasteiger partial charge in [-0.15, -0.1) is 0 Å². The predicted molar refractivity (Wildman–Crippen MR) is 108 cm³/mol. The molecule has 6 nitrogen and oxygen atoms in total. The average molecular weight is 398 g/mol. The highest BCUT2D eigenvalue weighted by Gasteiger charge is 2.23. The normalized spacial score (nSPS) is 12.6. The Hall–Kier alpha value is -2.93. The number of aromatic nitrogens is 2. The molecule has 3 rings (SSSR count). The topological polar surface area (TPSA) is 72.3 Å². The molecule has 7 heteroatoms. The van der Waals surface area contributed by atoms with E-state index in [0.717, 1.165) is 16.9 Å². The average Bonchev–Trinajstić information content (AvgIpc) is 3.07. The van der Waals surface area contributed by atoms with E-state index in [1.807, 2.05) is 44.2 Å². The quantitative estimate of drug-likeness (QED) is 0.661. The summed E-state index contributed by atoms with van der Waals surface area (Å²) >= 11 is 0. The van der Waals surface area contributed by atoms with Crippen LogP contribution in [0.3, 0.4) is 0 Å². The Morgan fingerprint density at radius 1 is 1.07 bits per heavy atom. The van der Waals surface area contributed by atoms with E-state index in [9.17, 15) is 13.2 Å². The van der Waals surface area contributed by atoms with Crippen LogP contribution in [0, 0.1) is 6.92 Å². The fourth-order valence-electron chi connectivity index (χ4n) is 3.03. The summed E-state index contributed by atoms with van der Waals surface area (Å²) in [5.74, 6) is -0.139. The molecule has 0 aliphatic rings. The molecule has 0 saturated carbocycles. The zero-order chi connectivity index (χ0) is 20.5. The van der Waals surface area contributed by atoms with Crippen molar-refractivity contribution in [3.8, 4) is 5.69 Å². The molecule has 0 fully saturated rings. The maximum atomic E-state index is 13.0. The third-order valence-electron chi connectivity index (χ3n) is 4.93. The van der Waals surface area contributed by atoms with Crippen LogP contribution in [0.15, 0.2) is 65.7 Å². The summed E-state index contributed by atoms with van der Waals surface area (Å²) in [6.45, 7) is 3.77. The minimum Gasteiger partial charge on any atom is -0.335 e. The van der Waals surface area contributed by atoms with Crippen LogP contribution < -0.4 is 0 Å². The zero-order valence-electron chi connectivity index (χ0n) is 16.3. The molecule has 0 aliphatic heterocycles. The molecule has 1 aromatic heterocycles. The lowest BCUT2D eigenvalue weighted by Gasteiger charge is -2.25. The molecule has 0 radical (unpaired) electrons. The largest absolute Gasteiger partial charge is 0.335 e. The van der Waals surface area contributed by atoms with Crippen molar-refractivity contribution >= 4 is 15.7 Å². The van der Waals surface area contributed by atoms with Gasteiger partial charge in [-0.1, -0.05) is 30.3 Å². The van der Waals surface area contributed by atoms with Gasteiger partial charge in [0.15, 0.2) is 9.84 Å². The molecule has 1 amide bonds. The first-order valence-corrected chi connectivity index (χ1v) is 10.8. The Morgan fingerprint density at radius 3 is 2.25 bits per heavy atom. The molecule has 1 heterocycles. The summed E-state index contributed by atoms with van der Waals surface area (Å²) in [7, 11) is -1.51. The lowest BCUT2D eigenvalue weighted by molar-refractivity contribution is 0.0742. The van der Waals surface area contributed by atoms with Crippen molar-refractivity contribution < 1.29 is 13.2 Å². The van der Waals surface area contributed by atoms with E-state index in [2.05, 4.69) is 5.10 Å². The molecule has 0 spiro atoms. The highest BCUT2D eigenvalue weighted by molar-refractivity contribution is 7.90. The van der Waals surface area contributed by atoms with Crippen molar-refractivity contribution in [3.63, 3.8) is 0 Å². The van der Waals surface area contributed by atoms with Crippen molar-refractivity contribution in [2.24, 2.45) is 0 Å². The van der Waals surface area contributed by atoms with Gasteiger partial charge in [-0.05, 0) is 43.7 Å². The summed E-state index contributed by atoms with van der Waals surface area (Å²) in [6, 6.07) is 16.0. The maximum Gasteiger partial charge on any atom is 0.257 e. The van der Waals surface area contributed by atoms with Crippen molar-refractivity contribution in [1.82, 2.24) is 14.7 Å². The van der Waals surface area contributed by atoms with Gasteiger partial charge >= 0.3 is 0 Å². The van der Waals surface area contributed by atoms with Gasteiger partial charge in [0.2, 0.25) is 0 Å². The number of para-hydroxylation sites is 1. The zero-order valence-corrected chi connectivity index (χ0v) is 17.1. The van der Waals surface area contributed by atoms with Crippen LogP contribution in [0.25, 0.3) is 5.69 Å². The second kappa shape index (κ2) is 7.59. The van der Waals surface area contributed by atoms with E-state index in [-0.39, 0.29) is 16.8 Å². The molecule has 0 saturated heterocycles.